The van der Waals surface area contributed by atoms with Gasteiger partial charge >= 0.3 is 11.6 Å². The molecule has 0 saturated carbocycles. The van der Waals surface area contributed by atoms with Crippen molar-refractivity contribution in [2.45, 2.75) is 18.9 Å². The summed E-state index contributed by atoms with van der Waals surface area (Å²) in [6.07, 6.45) is 3.21. The highest BCUT2D eigenvalue weighted by Crippen LogP contribution is 2.34. The van der Waals surface area contributed by atoms with Gasteiger partial charge in [0.05, 0.1) is 11.0 Å². The lowest BCUT2D eigenvalue weighted by molar-refractivity contribution is -0.385. The fraction of sp³-hybridized carbons (Fsp3) is 0.333. The first-order valence-electron chi connectivity index (χ1n) is 7.32. The molecular formula is C15H16N4O4. The van der Waals surface area contributed by atoms with E-state index in [1.807, 2.05) is 6.07 Å². The summed E-state index contributed by atoms with van der Waals surface area (Å²) in [6.45, 7) is 1.18. The van der Waals surface area contributed by atoms with E-state index in [1.54, 1.807) is 24.3 Å². The molecule has 2 aromatic rings. The molecule has 8 nitrogen and oxygen atoms in total. The van der Waals surface area contributed by atoms with Crippen LogP contribution in [0.2, 0.25) is 0 Å². The third-order valence-corrected chi connectivity index (χ3v) is 3.45. The minimum atomic E-state index is -0.546. The maximum atomic E-state index is 11.4. The summed E-state index contributed by atoms with van der Waals surface area (Å²) < 4.78 is 11.0. The molecule has 8 heteroatoms. The van der Waals surface area contributed by atoms with Crippen molar-refractivity contribution in [3.05, 3.63) is 46.8 Å². The quantitative estimate of drug-likeness (QED) is 0.646. The van der Waals surface area contributed by atoms with Crippen molar-refractivity contribution in [2.24, 2.45) is 0 Å². The van der Waals surface area contributed by atoms with Crippen LogP contribution in [-0.4, -0.2) is 34.1 Å². The van der Waals surface area contributed by atoms with Crippen LogP contribution in [0.4, 0.5) is 11.5 Å². The number of nitrogens with zero attached hydrogens (tertiary/aromatic N) is 3. The molecule has 1 aliphatic rings. The lowest BCUT2D eigenvalue weighted by Gasteiger charge is -2.12. The Morgan fingerprint density at radius 3 is 2.87 bits per heavy atom. The average Bonchev–Trinajstić information content (AvgIpc) is 3.07. The Morgan fingerprint density at radius 2 is 2.17 bits per heavy atom. The molecule has 1 fully saturated rings. The van der Waals surface area contributed by atoms with Gasteiger partial charge in [-0.3, -0.25) is 10.1 Å². The number of para-hydroxylation sites is 1. The number of aromatic nitrogens is 2. The van der Waals surface area contributed by atoms with Gasteiger partial charge in [0.1, 0.15) is 12.1 Å². The van der Waals surface area contributed by atoms with Crippen molar-refractivity contribution in [2.75, 3.05) is 18.5 Å². The van der Waals surface area contributed by atoms with E-state index in [0.717, 1.165) is 19.4 Å². The highest BCUT2D eigenvalue weighted by atomic mass is 16.6. The molecule has 1 unspecified atom stereocenters. The average molecular weight is 316 g/mol. The molecule has 2 heterocycles. The molecule has 1 atom stereocenters. The van der Waals surface area contributed by atoms with E-state index in [0.29, 0.717) is 12.3 Å². The molecule has 3 rings (SSSR count). The predicted molar refractivity (Wildman–Crippen MR) is 82.7 cm³/mol. The summed E-state index contributed by atoms with van der Waals surface area (Å²) in [7, 11) is 0. The summed E-state index contributed by atoms with van der Waals surface area (Å²) in [4.78, 5) is 18.7. The van der Waals surface area contributed by atoms with Gasteiger partial charge in [-0.1, -0.05) is 18.2 Å². The van der Waals surface area contributed by atoms with Gasteiger partial charge in [0.15, 0.2) is 0 Å². The Bertz CT molecular complexity index is 674. The lowest BCUT2D eigenvalue weighted by atomic mass is 10.2. The van der Waals surface area contributed by atoms with Crippen LogP contribution in [0.1, 0.15) is 12.8 Å². The summed E-state index contributed by atoms with van der Waals surface area (Å²) in [5, 5.41) is 14.4. The molecule has 0 amide bonds. The largest absolute Gasteiger partial charge is 0.434 e. The zero-order valence-corrected chi connectivity index (χ0v) is 12.3. The van der Waals surface area contributed by atoms with E-state index in [-0.39, 0.29) is 23.5 Å². The number of benzene rings is 1. The van der Waals surface area contributed by atoms with Gasteiger partial charge in [0, 0.05) is 13.2 Å². The van der Waals surface area contributed by atoms with E-state index in [9.17, 15) is 10.1 Å². The molecule has 23 heavy (non-hydrogen) atoms. The molecule has 120 valence electrons. The van der Waals surface area contributed by atoms with Crippen LogP contribution < -0.4 is 10.1 Å². The van der Waals surface area contributed by atoms with E-state index >= 15 is 0 Å². The van der Waals surface area contributed by atoms with Gasteiger partial charge in [0.2, 0.25) is 5.82 Å². The number of nitrogens with one attached hydrogen (secondary N) is 1. The van der Waals surface area contributed by atoms with Crippen LogP contribution in [0, 0.1) is 10.1 Å². The van der Waals surface area contributed by atoms with Crippen LogP contribution in [0.15, 0.2) is 36.7 Å². The lowest BCUT2D eigenvalue weighted by Crippen LogP contribution is -2.19. The minimum Gasteiger partial charge on any atom is -0.434 e. The number of rotatable bonds is 6. The molecule has 0 spiro atoms. The zero-order valence-electron chi connectivity index (χ0n) is 12.3. The van der Waals surface area contributed by atoms with Crippen LogP contribution >= 0.6 is 0 Å². The zero-order chi connectivity index (χ0) is 16.1. The van der Waals surface area contributed by atoms with E-state index in [2.05, 4.69) is 15.3 Å². The van der Waals surface area contributed by atoms with Crippen molar-refractivity contribution < 1.29 is 14.4 Å². The first kappa shape index (κ1) is 15.2. The second-order valence-electron chi connectivity index (χ2n) is 5.06. The third-order valence-electron chi connectivity index (χ3n) is 3.45. The maximum Gasteiger partial charge on any atom is 0.373 e. The summed E-state index contributed by atoms with van der Waals surface area (Å²) >= 11 is 0. The van der Waals surface area contributed by atoms with Crippen molar-refractivity contribution in [1.82, 2.24) is 9.97 Å². The Balaban J connectivity index is 1.81. The van der Waals surface area contributed by atoms with E-state index in [1.165, 1.54) is 6.33 Å². The van der Waals surface area contributed by atoms with Crippen molar-refractivity contribution in [3.63, 3.8) is 0 Å². The van der Waals surface area contributed by atoms with Crippen molar-refractivity contribution >= 4 is 11.5 Å². The highest BCUT2D eigenvalue weighted by molar-refractivity contribution is 5.61. The van der Waals surface area contributed by atoms with Crippen LogP contribution in [-0.2, 0) is 4.74 Å². The van der Waals surface area contributed by atoms with Crippen LogP contribution in [0.3, 0.4) is 0 Å². The Hall–Kier alpha value is -2.74. The summed E-state index contributed by atoms with van der Waals surface area (Å²) in [6, 6.07) is 8.78. The van der Waals surface area contributed by atoms with Gasteiger partial charge in [-0.15, -0.1) is 0 Å². The number of anilines is 1. The van der Waals surface area contributed by atoms with Crippen LogP contribution in [0.5, 0.6) is 11.6 Å². The summed E-state index contributed by atoms with van der Waals surface area (Å²) in [5.74, 6) is 0.511. The molecule has 1 aromatic carbocycles. The number of hydrogen-bond acceptors (Lipinski definition) is 7. The standard InChI is InChI=1S/C15H16N4O4/c20-19(21)13-14(16-9-12-7-4-8-22-12)17-10-18-15(13)23-11-5-2-1-3-6-11/h1-3,5-6,10,12H,4,7-9H2,(H,16,17,18). The first-order valence-corrected chi connectivity index (χ1v) is 7.32. The van der Waals surface area contributed by atoms with Gasteiger partial charge in [-0.25, -0.2) is 4.98 Å². The van der Waals surface area contributed by atoms with Gasteiger partial charge < -0.3 is 14.8 Å². The van der Waals surface area contributed by atoms with Gasteiger partial charge in [-0.05, 0) is 25.0 Å². The van der Waals surface area contributed by atoms with Gasteiger partial charge in [0.25, 0.3) is 0 Å². The predicted octanol–water partition coefficient (Wildman–Crippen LogP) is 2.77. The molecule has 1 N–H and O–H groups in total. The number of hydrogen-bond donors (Lipinski definition) is 1. The maximum absolute atomic E-state index is 11.4. The smallest absolute Gasteiger partial charge is 0.373 e. The molecular weight excluding hydrogens is 300 g/mol. The monoisotopic (exact) mass is 316 g/mol. The van der Waals surface area contributed by atoms with Crippen molar-refractivity contribution in [1.29, 1.82) is 0 Å². The molecule has 0 radical (unpaired) electrons. The van der Waals surface area contributed by atoms with Crippen molar-refractivity contribution in [3.8, 4) is 11.6 Å². The SMILES string of the molecule is O=[N+]([O-])c1c(NCC2CCCO2)ncnc1Oc1ccccc1. The Labute approximate surface area is 132 Å². The Kier molecular flexibility index (Phi) is 4.62. The number of nitro groups is 1. The topological polar surface area (TPSA) is 99.4 Å². The molecule has 1 saturated heterocycles. The molecule has 0 aliphatic carbocycles. The fourth-order valence-electron chi connectivity index (χ4n) is 2.35. The molecule has 1 aromatic heterocycles. The van der Waals surface area contributed by atoms with E-state index < -0.39 is 4.92 Å². The first-order chi connectivity index (χ1) is 11.2. The minimum absolute atomic E-state index is 0.0445. The summed E-state index contributed by atoms with van der Waals surface area (Å²) in [5.41, 5.74) is -0.283. The normalized spacial score (nSPS) is 17.0. The molecule has 1 aliphatic heterocycles. The molecule has 0 bridgehead atoms. The number of ether oxygens (including phenoxy) is 2. The van der Waals surface area contributed by atoms with Gasteiger partial charge in [-0.2, -0.15) is 4.98 Å². The Morgan fingerprint density at radius 1 is 1.35 bits per heavy atom. The second kappa shape index (κ2) is 7.01. The fourth-order valence-corrected chi connectivity index (χ4v) is 2.35. The highest BCUT2D eigenvalue weighted by Gasteiger charge is 2.26. The van der Waals surface area contributed by atoms with Crippen LogP contribution in [0.25, 0.3) is 0 Å². The third kappa shape index (κ3) is 3.72. The second-order valence-corrected chi connectivity index (χ2v) is 5.06. The van der Waals surface area contributed by atoms with E-state index in [4.69, 9.17) is 9.47 Å².